The van der Waals surface area contributed by atoms with Crippen LogP contribution >= 0.6 is 0 Å². The van der Waals surface area contributed by atoms with Gasteiger partial charge in [-0.2, -0.15) is 0 Å². The van der Waals surface area contributed by atoms with E-state index in [9.17, 15) is 4.79 Å². The van der Waals surface area contributed by atoms with E-state index in [1.165, 1.54) is 6.26 Å². The summed E-state index contributed by atoms with van der Waals surface area (Å²) >= 11 is 0. The number of hydrogen-bond acceptors (Lipinski definition) is 4. The lowest BCUT2D eigenvalue weighted by Gasteiger charge is -2.05. The molecule has 1 unspecified atom stereocenters. The number of unbranched alkanes of at least 4 members (excludes halogenated alkanes) is 1. The predicted molar refractivity (Wildman–Crippen MR) is 41.9 cm³/mol. The van der Waals surface area contributed by atoms with Crippen molar-refractivity contribution in [3.8, 4) is 6.26 Å². The van der Waals surface area contributed by atoms with Crippen molar-refractivity contribution < 1.29 is 14.6 Å². The Bertz CT molecular complexity index is 174. The quantitative estimate of drug-likeness (QED) is 0.494. The average molecular weight is 171 g/mol. The molecule has 0 amide bonds. The lowest BCUT2D eigenvalue weighted by atomic mass is 10.1. The summed E-state index contributed by atoms with van der Waals surface area (Å²) in [6.07, 6.45) is 2.94. The third kappa shape index (κ3) is 5.69. The van der Waals surface area contributed by atoms with Crippen LogP contribution in [0.1, 0.15) is 32.6 Å². The van der Waals surface area contributed by atoms with Gasteiger partial charge in [0, 0.05) is 0 Å². The molecule has 0 aromatic heterocycles. The molecule has 0 heterocycles. The fourth-order valence-electron chi connectivity index (χ4n) is 0.827. The summed E-state index contributed by atoms with van der Waals surface area (Å²) in [5, 5.41) is 17.1. The number of carbonyl (C=O) groups is 1. The van der Waals surface area contributed by atoms with Gasteiger partial charge in [0.15, 0.2) is 0 Å². The Hall–Kier alpha value is -1.08. The second-order valence-corrected chi connectivity index (χ2v) is 2.57. The molecule has 0 aromatic carbocycles. The van der Waals surface area contributed by atoms with Crippen LogP contribution in [0.25, 0.3) is 0 Å². The van der Waals surface area contributed by atoms with Gasteiger partial charge < -0.3 is 9.84 Å². The van der Waals surface area contributed by atoms with Crippen LogP contribution < -0.4 is 0 Å². The van der Waals surface area contributed by atoms with Gasteiger partial charge in [0.05, 0.1) is 12.5 Å². The first-order valence-electron chi connectivity index (χ1n) is 3.97. The van der Waals surface area contributed by atoms with E-state index in [2.05, 4.69) is 4.74 Å². The van der Waals surface area contributed by atoms with Crippen LogP contribution in [-0.4, -0.2) is 17.2 Å². The monoisotopic (exact) mass is 171 g/mol. The van der Waals surface area contributed by atoms with Crippen molar-refractivity contribution in [1.82, 2.24) is 0 Å². The molecular weight excluding hydrogens is 158 g/mol. The molecule has 0 aliphatic heterocycles. The van der Waals surface area contributed by atoms with Crippen molar-refractivity contribution in [3.63, 3.8) is 0 Å². The van der Waals surface area contributed by atoms with Gasteiger partial charge >= 0.3 is 5.97 Å². The summed E-state index contributed by atoms with van der Waals surface area (Å²) in [7, 11) is 0. The minimum absolute atomic E-state index is 0.0897. The van der Waals surface area contributed by atoms with Crippen molar-refractivity contribution in [3.05, 3.63) is 0 Å². The lowest BCUT2D eigenvalue weighted by Crippen LogP contribution is -2.14. The second-order valence-electron chi connectivity index (χ2n) is 2.57. The molecule has 1 N–H and O–H groups in total. The molecule has 0 radical (unpaired) electrons. The summed E-state index contributed by atoms with van der Waals surface area (Å²) in [5.74, 6) is -0.666. The molecular formula is C8H13NO3. The third-order valence-corrected chi connectivity index (χ3v) is 1.45. The smallest absolute Gasteiger partial charge is 0.324 e. The van der Waals surface area contributed by atoms with Gasteiger partial charge in [-0.05, 0) is 6.42 Å². The van der Waals surface area contributed by atoms with Crippen molar-refractivity contribution in [1.29, 1.82) is 5.26 Å². The summed E-state index contributed by atoms with van der Waals surface area (Å²) in [6.45, 7) is 2.00. The number of nitriles is 1. The number of esters is 1. The maximum absolute atomic E-state index is 10.6. The Labute approximate surface area is 71.8 Å². The Kier molecular flexibility index (Phi) is 6.02. The van der Waals surface area contributed by atoms with E-state index in [-0.39, 0.29) is 6.42 Å². The van der Waals surface area contributed by atoms with Crippen LogP contribution in [0.15, 0.2) is 0 Å². The normalized spacial score (nSPS) is 11.8. The highest BCUT2D eigenvalue weighted by Crippen LogP contribution is 2.04. The molecule has 12 heavy (non-hydrogen) atoms. The maximum Gasteiger partial charge on any atom is 0.324 e. The average Bonchev–Trinajstić information content (AvgIpc) is 2.01. The van der Waals surface area contributed by atoms with Crippen LogP contribution in [0.4, 0.5) is 0 Å². The molecule has 4 heteroatoms. The standard InChI is InChI=1S/C8H13NO3/c1-2-3-4-7(10)5-8(11)12-6-9/h7,10H,2-5H2,1H3. The van der Waals surface area contributed by atoms with Gasteiger partial charge in [0.2, 0.25) is 0 Å². The molecule has 0 saturated carbocycles. The van der Waals surface area contributed by atoms with E-state index in [0.29, 0.717) is 6.42 Å². The van der Waals surface area contributed by atoms with Gasteiger partial charge in [-0.3, -0.25) is 4.79 Å². The van der Waals surface area contributed by atoms with Gasteiger partial charge in [-0.1, -0.05) is 19.8 Å². The van der Waals surface area contributed by atoms with Gasteiger partial charge in [0.25, 0.3) is 6.26 Å². The number of aliphatic hydroxyl groups is 1. The van der Waals surface area contributed by atoms with E-state index in [1.54, 1.807) is 0 Å². The van der Waals surface area contributed by atoms with Crippen LogP contribution in [0.5, 0.6) is 0 Å². The molecule has 0 rings (SSSR count). The molecule has 1 atom stereocenters. The fraction of sp³-hybridized carbons (Fsp3) is 0.750. The molecule has 0 aliphatic rings. The largest absolute Gasteiger partial charge is 0.393 e. The minimum Gasteiger partial charge on any atom is -0.393 e. The van der Waals surface area contributed by atoms with Crippen LogP contribution in [0.3, 0.4) is 0 Å². The lowest BCUT2D eigenvalue weighted by molar-refractivity contribution is -0.139. The third-order valence-electron chi connectivity index (χ3n) is 1.45. The van der Waals surface area contributed by atoms with E-state index in [1.807, 2.05) is 6.92 Å². The molecule has 0 aliphatic carbocycles. The number of hydrogen-bond donors (Lipinski definition) is 1. The Morgan fingerprint density at radius 1 is 1.75 bits per heavy atom. The van der Waals surface area contributed by atoms with E-state index >= 15 is 0 Å². The predicted octanol–water partition coefficient (Wildman–Crippen LogP) is 0.952. The first kappa shape index (κ1) is 10.9. The number of carbonyl (C=O) groups excluding carboxylic acids is 1. The molecule has 0 fully saturated rings. The zero-order chi connectivity index (χ0) is 9.40. The van der Waals surface area contributed by atoms with Crippen LogP contribution in [0.2, 0.25) is 0 Å². The Morgan fingerprint density at radius 3 is 2.92 bits per heavy atom. The summed E-state index contributed by atoms with van der Waals surface area (Å²) in [4.78, 5) is 10.6. The highest BCUT2D eigenvalue weighted by atomic mass is 16.5. The van der Waals surface area contributed by atoms with E-state index < -0.39 is 12.1 Å². The SMILES string of the molecule is CCCCC(O)CC(=O)OC#N. The Balaban J connectivity index is 3.48. The second kappa shape index (κ2) is 6.62. The van der Waals surface area contributed by atoms with Crippen molar-refractivity contribution >= 4 is 5.97 Å². The molecule has 0 spiro atoms. The Morgan fingerprint density at radius 2 is 2.42 bits per heavy atom. The van der Waals surface area contributed by atoms with E-state index in [0.717, 1.165) is 12.8 Å². The van der Waals surface area contributed by atoms with Gasteiger partial charge in [-0.15, -0.1) is 5.26 Å². The summed E-state index contributed by atoms with van der Waals surface area (Å²) in [5.41, 5.74) is 0. The molecule has 68 valence electrons. The first-order valence-corrected chi connectivity index (χ1v) is 3.97. The highest BCUT2D eigenvalue weighted by Gasteiger charge is 2.10. The van der Waals surface area contributed by atoms with Crippen molar-refractivity contribution in [2.24, 2.45) is 0 Å². The minimum atomic E-state index is -0.675. The fourth-order valence-corrected chi connectivity index (χ4v) is 0.827. The number of ether oxygens (including phenoxy) is 1. The zero-order valence-corrected chi connectivity index (χ0v) is 7.12. The summed E-state index contributed by atoms with van der Waals surface area (Å²) in [6, 6.07) is 0. The van der Waals surface area contributed by atoms with E-state index in [4.69, 9.17) is 10.4 Å². The molecule has 0 saturated heterocycles. The maximum atomic E-state index is 10.6. The van der Waals surface area contributed by atoms with Crippen LogP contribution in [0, 0.1) is 11.5 Å². The number of rotatable bonds is 5. The topological polar surface area (TPSA) is 70.3 Å². The number of aliphatic hydroxyl groups excluding tert-OH is 1. The van der Waals surface area contributed by atoms with Gasteiger partial charge in [-0.25, -0.2) is 0 Å². The van der Waals surface area contributed by atoms with Crippen molar-refractivity contribution in [2.45, 2.75) is 38.7 Å². The first-order chi connectivity index (χ1) is 5.70. The highest BCUT2D eigenvalue weighted by molar-refractivity contribution is 5.70. The number of nitrogens with zero attached hydrogens (tertiary/aromatic N) is 1. The van der Waals surface area contributed by atoms with Crippen LogP contribution in [-0.2, 0) is 9.53 Å². The zero-order valence-electron chi connectivity index (χ0n) is 7.12. The van der Waals surface area contributed by atoms with Crippen molar-refractivity contribution in [2.75, 3.05) is 0 Å². The molecule has 0 bridgehead atoms. The molecule has 4 nitrogen and oxygen atoms in total. The molecule has 0 aromatic rings. The summed E-state index contributed by atoms with van der Waals surface area (Å²) < 4.78 is 4.00. The van der Waals surface area contributed by atoms with Gasteiger partial charge in [0.1, 0.15) is 0 Å².